The van der Waals surface area contributed by atoms with E-state index in [1.807, 2.05) is 32.9 Å². The molecule has 3 N–H and O–H groups in total. The summed E-state index contributed by atoms with van der Waals surface area (Å²) >= 11 is 0. The number of carbonyl (C=O) groups is 1. The van der Waals surface area contributed by atoms with E-state index in [1.165, 1.54) is 0 Å². The van der Waals surface area contributed by atoms with Crippen LogP contribution in [0.25, 0.3) is 0 Å². The first-order valence-electron chi connectivity index (χ1n) is 6.87. The van der Waals surface area contributed by atoms with Crippen LogP contribution in [0.5, 0.6) is 23.0 Å². The lowest BCUT2D eigenvalue weighted by Crippen LogP contribution is -2.10. The van der Waals surface area contributed by atoms with Crippen LogP contribution in [0.3, 0.4) is 0 Å². The number of esters is 1. The summed E-state index contributed by atoms with van der Waals surface area (Å²) in [5.74, 6) is -1.95. The van der Waals surface area contributed by atoms with E-state index in [2.05, 4.69) is 0 Å². The molecule has 0 aliphatic rings. The molecule has 0 aromatic heterocycles. The van der Waals surface area contributed by atoms with E-state index in [0.717, 1.165) is 23.3 Å². The normalized spacial score (nSPS) is 10.7. The number of aromatic hydroxyl groups is 3. The number of hydrogen-bond acceptors (Lipinski definition) is 5. The maximum Gasteiger partial charge on any atom is 0.343 e. The lowest BCUT2D eigenvalue weighted by Gasteiger charge is -2.14. The SMILES string of the molecule is Cc1ccc(C(C)C)c(OC(=O)c2cc(O)c(O)c(O)c2)c1. The molecule has 0 spiro atoms. The van der Waals surface area contributed by atoms with Gasteiger partial charge in [-0.15, -0.1) is 0 Å². The van der Waals surface area contributed by atoms with Gasteiger partial charge >= 0.3 is 5.97 Å². The fourth-order valence-corrected chi connectivity index (χ4v) is 2.09. The molecule has 0 saturated heterocycles. The van der Waals surface area contributed by atoms with E-state index in [-0.39, 0.29) is 11.5 Å². The molecule has 0 atom stereocenters. The molecule has 0 aliphatic carbocycles. The van der Waals surface area contributed by atoms with Crippen molar-refractivity contribution in [1.29, 1.82) is 0 Å². The monoisotopic (exact) mass is 302 g/mol. The summed E-state index contributed by atoms with van der Waals surface area (Å²) in [5, 5.41) is 28.2. The highest BCUT2D eigenvalue weighted by Gasteiger charge is 2.17. The second-order valence-corrected chi connectivity index (χ2v) is 5.45. The van der Waals surface area contributed by atoms with Gasteiger partial charge in [0.2, 0.25) is 0 Å². The first-order valence-corrected chi connectivity index (χ1v) is 6.87. The van der Waals surface area contributed by atoms with Gasteiger partial charge in [0.25, 0.3) is 0 Å². The molecule has 0 bridgehead atoms. The van der Waals surface area contributed by atoms with Crippen molar-refractivity contribution in [3.8, 4) is 23.0 Å². The van der Waals surface area contributed by atoms with Gasteiger partial charge in [-0.3, -0.25) is 0 Å². The van der Waals surface area contributed by atoms with E-state index >= 15 is 0 Å². The second-order valence-electron chi connectivity index (χ2n) is 5.45. The predicted molar refractivity (Wildman–Crippen MR) is 81.7 cm³/mol. The Labute approximate surface area is 128 Å². The first kappa shape index (κ1) is 15.7. The van der Waals surface area contributed by atoms with Gasteiger partial charge in [0, 0.05) is 0 Å². The largest absolute Gasteiger partial charge is 0.504 e. The molecule has 0 heterocycles. The van der Waals surface area contributed by atoms with Gasteiger partial charge in [0.05, 0.1) is 5.56 Å². The Hall–Kier alpha value is -2.69. The number of phenols is 3. The topological polar surface area (TPSA) is 87.0 Å². The number of hydrogen-bond donors (Lipinski definition) is 3. The van der Waals surface area contributed by atoms with Crippen molar-refractivity contribution < 1.29 is 24.9 Å². The molecule has 116 valence electrons. The zero-order chi connectivity index (χ0) is 16.4. The van der Waals surface area contributed by atoms with Crippen LogP contribution in [0.1, 0.15) is 41.3 Å². The Balaban J connectivity index is 2.35. The Kier molecular flexibility index (Phi) is 4.26. The third kappa shape index (κ3) is 3.14. The van der Waals surface area contributed by atoms with E-state index in [0.29, 0.717) is 5.75 Å². The quantitative estimate of drug-likeness (QED) is 0.459. The summed E-state index contributed by atoms with van der Waals surface area (Å²) < 4.78 is 5.38. The third-order valence-electron chi connectivity index (χ3n) is 3.30. The van der Waals surface area contributed by atoms with Crippen molar-refractivity contribution >= 4 is 5.97 Å². The Morgan fingerprint density at radius 1 is 1.05 bits per heavy atom. The molecule has 0 aliphatic heterocycles. The average Bonchev–Trinajstić information content (AvgIpc) is 2.43. The van der Waals surface area contributed by atoms with E-state index in [4.69, 9.17) is 4.74 Å². The number of carbonyl (C=O) groups excluding carboxylic acids is 1. The summed E-state index contributed by atoms with van der Waals surface area (Å²) in [6, 6.07) is 7.68. The van der Waals surface area contributed by atoms with E-state index < -0.39 is 23.2 Å². The van der Waals surface area contributed by atoms with Crippen LogP contribution in [0.15, 0.2) is 30.3 Å². The van der Waals surface area contributed by atoms with Crippen LogP contribution in [-0.4, -0.2) is 21.3 Å². The smallest absolute Gasteiger partial charge is 0.343 e. The Morgan fingerprint density at radius 3 is 2.18 bits per heavy atom. The Bertz CT molecular complexity index is 696. The minimum atomic E-state index is -0.724. The van der Waals surface area contributed by atoms with Crippen LogP contribution >= 0.6 is 0 Å². The predicted octanol–water partition coefficient (Wildman–Crippen LogP) is 3.45. The summed E-state index contributed by atoms with van der Waals surface area (Å²) in [6.07, 6.45) is 0. The standard InChI is InChI=1S/C17H18O5/c1-9(2)12-5-4-10(3)6-15(12)22-17(21)11-7-13(18)16(20)14(19)8-11/h4-9,18-20H,1-3H3. The number of benzene rings is 2. The molecule has 2 aromatic rings. The summed E-state index contributed by atoms with van der Waals surface area (Å²) in [5.41, 5.74) is 1.78. The maximum atomic E-state index is 12.2. The fraction of sp³-hybridized carbons (Fsp3) is 0.235. The summed E-state index contributed by atoms with van der Waals surface area (Å²) in [7, 11) is 0. The van der Waals surface area contributed by atoms with E-state index in [9.17, 15) is 20.1 Å². The molecule has 0 saturated carbocycles. The molecular weight excluding hydrogens is 284 g/mol. The molecule has 22 heavy (non-hydrogen) atoms. The molecule has 5 heteroatoms. The van der Waals surface area contributed by atoms with Crippen molar-refractivity contribution in [2.24, 2.45) is 0 Å². The summed E-state index contributed by atoms with van der Waals surface area (Å²) in [4.78, 5) is 12.2. The minimum Gasteiger partial charge on any atom is -0.504 e. The highest BCUT2D eigenvalue weighted by molar-refractivity contribution is 5.92. The van der Waals surface area contributed by atoms with Gasteiger partial charge in [-0.2, -0.15) is 0 Å². The fourth-order valence-electron chi connectivity index (χ4n) is 2.09. The second kappa shape index (κ2) is 5.97. The molecule has 5 nitrogen and oxygen atoms in total. The first-order chi connectivity index (χ1) is 10.3. The Morgan fingerprint density at radius 2 is 1.64 bits per heavy atom. The third-order valence-corrected chi connectivity index (χ3v) is 3.30. The molecule has 2 aromatic carbocycles. The number of phenolic OH excluding ortho intramolecular Hbond substituents is 3. The zero-order valence-electron chi connectivity index (χ0n) is 12.6. The lowest BCUT2D eigenvalue weighted by atomic mass is 10.0. The van der Waals surface area contributed by atoms with Gasteiger partial charge in [-0.25, -0.2) is 4.79 Å². The van der Waals surface area contributed by atoms with Crippen LogP contribution < -0.4 is 4.74 Å². The molecular formula is C17H18O5. The lowest BCUT2D eigenvalue weighted by molar-refractivity contribution is 0.0731. The van der Waals surface area contributed by atoms with Crippen LogP contribution in [-0.2, 0) is 0 Å². The zero-order valence-corrected chi connectivity index (χ0v) is 12.6. The molecule has 0 fully saturated rings. The molecule has 0 radical (unpaired) electrons. The van der Waals surface area contributed by atoms with Crippen molar-refractivity contribution in [3.05, 3.63) is 47.0 Å². The van der Waals surface area contributed by atoms with E-state index in [1.54, 1.807) is 6.07 Å². The van der Waals surface area contributed by atoms with Crippen LogP contribution in [0, 0.1) is 6.92 Å². The van der Waals surface area contributed by atoms with Crippen molar-refractivity contribution in [1.82, 2.24) is 0 Å². The van der Waals surface area contributed by atoms with Gasteiger partial charge in [-0.1, -0.05) is 26.0 Å². The number of aryl methyl sites for hydroxylation is 1. The number of ether oxygens (including phenoxy) is 1. The van der Waals surface area contributed by atoms with Crippen molar-refractivity contribution in [2.45, 2.75) is 26.7 Å². The van der Waals surface area contributed by atoms with Crippen LogP contribution in [0.4, 0.5) is 0 Å². The van der Waals surface area contributed by atoms with Crippen LogP contribution in [0.2, 0.25) is 0 Å². The van der Waals surface area contributed by atoms with Gasteiger partial charge in [-0.05, 0) is 42.2 Å². The maximum absolute atomic E-state index is 12.2. The summed E-state index contributed by atoms with van der Waals surface area (Å²) in [6.45, 7) is 5.86. The molecule has 2 rings (SSSR count). The minimum absolute atomic E-state index is 0.0518. The molecule has 0 unspecified atom stereocenters. The highest BCUT2D eigenvalue weighted by atomic mass is 16.5. The number of rotatable bonds is 3. The van der Waals surface area contributed by atoms with Gasteiger partial charge < -0.3 is 20.1 Å². The van der Waals surface area contributed by atoms with Crippen molar-refractivity contribution in [2.75, 3.05) is 0 Å². The van der Waals surface area contributed by atoms with Gasteiger partial charge in [0.15, 0.2) is 17.2 Å². The van der Waals surface area contributed by atoms with Gasteiger partial charge in [0.1, 0.15) is 5.75 Å². The average molecular weight is 302 g/mol. The molecule has 0 amide bonds. The highest BCUT2D eigenvalue weighted by Crippen LogP contribution is 2.36. The van der Waals surface area contributed by atoms with Crippen molar-refractivity contribution in [3.63, 3.8) is 0 Å².